The molecule has 0 amide bonds. The van der Waals surface area contributed by atoms with Gasteiger partial charge in [-0.3, -0.25) is 0 Å². The Kier molecular flexibility index (Phi) is 3.43. The van der Waals surface area contributed by atoms with E-state index in [1.54, 1.807) is 0 Å². The summed E-state index contributed by atoms with van der Waals surface area (Å²) in [6.45, 7) is 4.34. The van der Waals surface area contributed by atoms with Crippen molar-refractivity contribution in [3.8, 4) is 11.8 Å². The van der Waals surface area contributed by atoms with Crippen molar-refractivity contribution in [2.45, 2.75) is 32.3 Å². The molecule has 1 N–H and O–H groups in total. The first-order chi connectivity index (χ1) is 8.50. The first-order valence-electron chi connectivity index (χ1n) is 6.18. The Morgan fingerprint density at radius 3 is 2.50 bits per heavy atom. The van der Waals surface area contributed by atoms with E-state index in [2.05, 4.69) is 23.8 Å². The van der Waals surface area contributed by atoms with E-state index in [9.17, 15) is 5.11 Å². The molecule has 1 aliphatic rings. The maximum atomic E-state index is 10.6. The average Bonchev–Trinajstić information content (AvgIpc) is 2.33. The van der Waals surface area contributed by atoms with Gasteiger partial charge in [-0.05, 0) is 24.7 Å². The molecule has 5 heteroatoms. The second-order valence-corrected chi connectivity index (χ2v) is 5.21. The third-order valence-corrected chi connectivity index (χ3v) is 3.70. The molecular formula is C13H20N2O3. The fourth-order valence-electron chi connectivity index (χ4n) is 2.39. The highest BCUT2D eigenvalue weighted by Crippen LogP contribution is 2.50. The summed E-state index contributed by atoms with van der Waals surface area (Å²) in [5.74, 6) is 1.84. The van der Waals surface area contributed by atoms with Crippen LogP contribution >= 0.6 is 0 Å². The molecule has 1 saturated carbocycles. The Hall–Kier alpha value is -1.36. The molecule has 5 nitrogen and oxygen atoms in total. The fraction of sp³-hybridized carbons (Fsp3) is 0.692. The monoisotopic (exact) mass is 252 g/mol. The Morgan fingerprint density at radius 1 is 1.33 bits per heavy atom. The molecule has 18 heavy (non-hydrogen) atoms. The second-order valence-electron chi connectivity index (χ2n) is 5.21. The average molecular weight is 252 g/mol. The van der Waals surface area contributed by atoms with E-state index >= 15 is 0 Å². The number of ether oxygens (including phenoxy) is 2. The molecule has 0 unspecified atom stereocenters. The number of methoxy groups -OCH3 is 2. The molecule has 1 aliphatic carbocycles. The van der Waals surface area contributed by atoms with E-state index in [-0.39, 0.29) is 0 Å². The molecule has 0 aromatic carbocycles. The predicted molar refractivity (Wildman–Crippen MR) is 66.6 cm³/mol. The predicted octanol–water partition coefficient (Wildman–Crippen LogP) is 1.75. The number of aliphatic hydroxyl groups is 1. The van der Waals surface area contributed by atoms with Gasteiger partial charge in [0.1, 0.15) is 11.3 Å². The van der Waals surface area contributed by atoms with E-state index in [0.29, 0.717) is 42.1 Å². The number of hydrogen-bond donors (Lipinski definition) is 1. The number of rotatable bonds is 4. The summed E-state index contributed by atoms with van der Waals surface area (Å²) in [4.78, 5) is 8.41. The maximum Gasteiger partial charge on any atom is 0.241 e. The second kappa shape index (κ2) is 4.72. The van der Waals surface area contributed by atoms with Crippen molar-refractivity contribution in [2.75, 3.05) is 14.2 Å². The van der Waals surface area contributed by atoms with Gasteiger partial charge in [-0.2, -0.15) is 4.98 Å². The van der Waals surface area contributed by atoms with Crippen LogP contribution in [0.5, 0.6) is 11.8 Å². The number of aromatic nitrogens is 2. The highest BCUT2D eigenvalue weighted by molar-refractivity contribution is 5.30. The SMILES string of the molecule is COc1cnc(C2(O)CC(C(C)C)C2)c(OC)n1. The zero-order chi connectivity index (χ0) is 13.3. The summed E-state index contributed by atoms with van der Waals surface area (Å²) >= 11 is 0. The Morgan fingerprint density at radius 2 is 2.00 bits per heavy atom. The van der Waals surface area contributed by atoms with Crippen molar-refractivity contribution < 1.29 is 14.6 Å². The first kappa shape index (κ1) is 13.1. The minimum atomic E-state index is -0.903. The van der Waals surface area contributed by atoms with Gasteiger partial charge in [0, 0.05) is 0 Å². The van der Waals surface area contributed by atoms with E-state index in [4.69, 9.17) is 9.47 Å². The summed E-state index contributed by atoms with van der Waals surface area (Å²) in [6.07, 6.45) is 2.93. The van der Waals surface area contributed by atoms with E-state index in [0.717, 1.165) is 0 Å². The largest absolute Gasteiger partial charge is 0.480 e. The molecule has 1 aromatic rings. The van der Waals surface area contributed by atoms with Gasteiger partial charge < -0.3 is 14.6 Å². The van der Waals surface area contributed by atoms with Crippen LogP contribution in [-0.4, -0.2) is 29.3 Å². The number of hydrogen-bond acceptors (Lipinski definition) is 5. The van der Waals surface area contributed by atoms with Crippen molar-refractivity contribution in [1.82, 2.24) is 9.97 Å². The Bertz CT molecular complexity index is 428. The van der Waals surface area contributed by atoms with Crippen LogP contribution in [0.2, 0.25) is 0 Å². The van der Waals surface area contributed by atoms with Crippen molar-refractivity contribution in [3.05, 3.63) is 11.9 Å². The van der Waals surface area contributed by atoms with Gasteiger partial charge in [0.05, 0.1) is 20.4 Å². The Balaban J connectivity index is 2.24. The summed E-state index contributed by atoms with van der Waals surface area (Å²) in [7, 11) is 3.05. The lowest BCUT2D eigenvalue weighted by molar-refractivity contribution is -0.0982. The minimum absolute atomic E-state index is 0.346. The summed E-state index contributed by atoms with van der Waals surface area (Å²) in [5, 5.41) is 10.6. The van der Waals surface area contributed by atoms with Gasteiger partial charge in [0.15, 0.2) is 0 Å². The highest BCUT2D eigenvalue weighted by Gasteiger charge is 2.48. The van der Waals surface area contributed by atoms with E-state index in [1.807, 2.05) is 0 Å². The quantitative estimate of drug-likeness (QED) is 0.884. The zero-order valence-corrected chi connectivity index (χ0v) is 11.3. The minimum Gasteiger partial charge on any atom is -0.480 e. The third kappa shape index (κ3) is 2.14. The van der Waals surface area contributed by atoms with Crippen molar-refractivity contribution >= 4 is 0 Å². The van der Waals surface area contributed by atoms with Gasteiger partial charge in [-0.1, -0.05) is 13.8 Å². The van der Waals surface area contributed by atoms with Crippen LogP contribution in [0.15, 0.2) is 6.20 Å². The van der Waals surface area contributed by atoms with Crippen LogP contribution in [0.3, 0.4) is 0 Å². The van der Waals surface area contributed by atoms with Crippen molar-refractivity contribution in [1.29, 1.82) is 0 Å². The molecule has 1 aromatic heterocycles. The molecule has 1 heterocycles. The van der Waals surface area contributed by atoms with Crippen molar-refractivity contribution in [3.63, 3.8) is 0 Å². The topological polar surface area (TPSA) is 64.5 Å². The smallest absolute Gasteiger partial charge is 0.241 e. The lowest BCUT2D eigenvalue weighted by Gasteiger charge is -2.45. The Labute approximate surface area is 107 Å². The molecule has 0 radical (unpaired) electrons. The van der Waals surface area contributed by atoms with Crippen LogP contribution in [-0.2, 0) is 5.60 Å². The van der Waals surface area contributed by atoms with Crippen LogP contribution in [0.25, 0.3) is 0 Å². The van der Waals surface area contributed by atoms with E-state index < -0.39 is 5.60 Å². The van der Waals surface area contributed by atoms with Crippen molar-refractivity contribution in [2.24, 2.45) is 11.8 Å². The zero-order valence-electron chi connectivity index (χ0n) is 11.3. The normalized spacial score (nSPS) is 26.9. The molecule has 2 rings (SSSR count). The lowest BCUT2D eigenvalue weighted by atomic mass is 9.65. The summed E-state index contributed by atoms with van der Waals surface area (Å²) in [5.41, 5.74) is -0.387. The van der Waals surface area contributed by atoms with Gasteiger partial charge in [-0.25, -0.2) is 4.98 Å². The van der Waals surface area contributed by atoms with Crippen LogP contribution in [0.1, 0.15) is 32.4 Å². The molecule has 0 bridgehead atoms. The first-order valence-corrected chi connectivity index (χ1v) is 6.18. The summed E-state index contributed by atoms with van der Waals surface area (Å²) < 4.78 is 10.2. The standard InChI is InChI=1S/C13H20N2O3/c1-8(2)9-5-13(16,6-9)11-12(18-4)15-10(17-3)7-14-11/h7-9,16H,5-6H2,1-4H3. The maximum absolute atomic E-state index is 10.6. The van der Waals surface area contributed by atoms with Gasteiger partial charge in [0.2, 0.25) is 11.8 Å². The molecule has 0 saturated heterocycles. The highest BCUT2D eigenvalue weighted by atomic mass is 16.5. The fourth-order valence-corrected chi connectivity index (χ4v) is 2.39. The molecule has 100 valence electrons. The van der Waals surface area contributed by atoms with Crippen LogP contribution in [0, 0.1) is 11.8 Å². The van der Waals surface area contributed by atoms with Gasteiger partial charge in [-0.15, -0.1) is 0 Å². The molecule has 0 atom stereocenters. The molecule has 0 aliphatic heterocycles. The van der Waals surface area contributed by atoms with Crippen LogP contribution in [0.4, 0.5) is 0 Å². The van der Waals surface area contributed by atoms with Gasteiger partial charge in [0.25, 0.3) is 0 Å². The van der Waals surface area contributed by atoms with Crippen LogP contribution < -0.4 is 9.47 Å². The third-order valence-electron chi connectivity index (χ3n) is 3.70. The summed E-state index contributed by atoms with van der Waals surface area (Å²) in [6, 6.07) is 0. The van der Waals surface area contributed by atoms with E-state index in [1.165, 1.54) is 20.4 Å². The lowest BCUT2D eigenvalue weighted by Crippen LogP contribution is -2.44. The number of nitrogens with zero attached hydrogens (tertiary/aromatic N) is 2. The molecule has 1 fully saturated rings. The van der Waals surface area contributed by atoms with Gasteiger partial charge >= 0.3 is 0 Å². The molecular weight excluding hydrogens is 232 g/mol. The molecule has 0 spiro atoms.